The lowest BCUT2D eigenvalue weighted by Gasteiger charge is -1.93. The first kappa shape index (κ1) is 8.74. The van der Waals surface area contributed by atoms with E-state index in [4.69, 9.17) is 5.26 Å². The van der Waals surface area contributed by atoms with Crippen LogP contribution in [0, 0.1) is 11.3 Å². The number of alkyl halides is 1. The van der Waals surface area contributed by atoms with Crippen molar-refractivity contribution in [2.24, 2.45) is 0 Å². The summed E-state index contributed by atoms with van der Waals surface area (Å²) in [5.74, 6) is 0. The van der Waals surface area contributed by atoms with E-state index in [1.807, 2.05) is 6.07 Å². The topological polar surface area (TPSA) is 23.8 Å². The summed E-state index contributed by atoms with van der Waals surface area (Å²) >= 11 is 4.95. The number of nitrogens with zero attached hydrogens (tertiary/aromatic N) is 1. The van der Waals surface area contributed by atoms with Crippen LogP contribution in [0.5, 0.6) is 0 Å². The molecule has 0 bridgehead atoms. The summed E-state index contributed by atoms with van der Waals surface area (Å²) in [4.78, 5) is 0.779. The molecule has 0 radical (unpaired) electrons. The van der Waals surface area contributed by atoms with Gasteiger partial charge in [-0.1, -0.05) is 22.0 Å². The molecule has 2 aromatic rings. The highest BCUT2D eigenvalue weighted by Crippen LogP contribution is 2.26. The zero-order valence-corrected chi connectivity index (χ0v) is 9.15. The van der Waals surface area contributed by atoms with Crippen LogP contribution in [0.4, 0.5) is 0 Å². The molecule has 0 unspecified atom stereocenters. The Balaban J connectivity index is 2.65. The minimum atomic E-state index is 0.779. The van der Waals surface area contributed by atoms with Gasteiger partial charge < -0.3 is 0 Å². The number of rotatable bonds is 1. The quantitative estimate of drug-likeness (QED) is 0.710. The summed E-state index contributed by atoms with van der Waals surface area (Å²) in [5, 5.41) is 10.7. The fourth-order valence-electron chi connectivity index (χ4n) is 1.23. The maximum atomic E-state index is 8.72. The van der Waals surface area contributed by atoms with Crippen LogP contribution >= 0.6 is 27.3 Å². The summed E-state index contributed by atoms with van der Waals surface area (Å²) < 4.78 is 1.18. The molecule has 0 atom stereocenters. The molecule has 0 fully saturated rings. The first-order valence-corrected chi connectivity index (χ1v) is 5.76. The molecule has 0 amide bonds. The molecule has 1 heterocycles. The van der Waals surface area contributed by atoms with E-state index in [9.17, 15) is 0 Å². The minimum absolute atomic E-state index is 0.779. The molecule has 0 aliphatic carbocycles. The predicted octanol–water partition coefficient (Wildman–Crippen LogP) is 3.67. The van der Waals surface area contributed by atoms with Crippen molar-refractivity contribution >= 4 is 37.4 Å². The molecule has 0 N–H and O–H groups in total. The van der Waals surface area contributed by atoms with Gasteiger partial charge in [0.05, 0.1) is 0 Å². The van der Waals surface area contributed by atoms with Crippen LogP contribution in [0.3, 0.4) is 0 Å². The highest BCUT2D eigenvalue weighted by molar-refractivity contribution is 9.08. The van der Waals surface area contributed by atoms with Crippen LogP contribution in [0.2, 0.25) is 0 Å². The van der Waals surface area contributed by atoms with Gasteiger partial charge in [0.25, 0.3) is 0 Å². The van der Waals surface area contributed by atoms with Gasteiger partial charge in [-0.25, -0.2) is 0 Å². The normalized spacial score (nSPS) is 10.2. The van der Waals surface area contributed by atoms with Gasteiger partial charge in [0, 0.05) is 10.0 Å². The van der Waals surface area contributed by atoms with Crippen molar-refractivity contribution in [3.8, 4) is 6.07 Å². The van der Waals surface area contributed by atoms with E-state index in [1.54, 1.807) is 11.3 Å². The van der Waals surface area contributed by atoms with Gasteiger partial charge in [0.1, 0.15) is 10.9 Å². The fourth-order valence-corrected chi connectivity index (χ4v) is 2.42. The van der Waals surface area contributed by atoms with Gasteiger partial charge in [-0.3, -0.25) is 0 Å². The third kappa shape index (κ3) is 1.60. The number of hydrogen-bond donors (Lipinski definition) is 0. The van der Waals surface area contributed by atoms with E-state index in [2.05, 4.69) is 40.2 Å². The molecule has 0 spiro atoms. The van der Waals surface area contributed by atoms with Crippen molar-refractivity contribution in [2.45, 2.75) is 5.33 Å². The van der Waals surface area contributed by atoms with E-state index < -0.39 is 0 Å². The van der Waals surface area contributed by atoms with E-state index >= 15 is 0 Å². The lowest BCUT2D eigenvalue weighted by Crippen LogP contribution is -1.73. The standard InChI is InChI=1S/C10H6BrNS/c11-5-7-1-2-10-8(3-7)4-9(6-12)13-10/h1-4H,5H2. The number of benzene rings is 1. The monoisotopic (exact) mass is 251 g/mol. The van der Waals surface area contributed by atoms with Crippen molar-refractivity contribution < 1.29 is 0 Å². The summed E-state index contributed by atoms with van der Waals surface area (Å²) in [6.45, 7) is 0. The van der Waals surface area contributed by atoms with Gasteiger partial charge in [-0.05, 0) is 29.1 Å². The largest absolute Gasteiger partial charge is 0.192 e. The van der Waals surface area contributed by atoms with Crippen LogP contribution < -0.4 is 0 Å². The second kappa shape index (κ2) is 3.49. The molecule has 0 aliphatic heterocycles. The Morgan fingerprint density at radius 3 is 2.92 bits per heavy atom. The third-order valence-corrected chi connectivity index (χ3v) is 3.51. The van der Waals surface area contributed by atoms with Crippen LogP contribution in [0.15, 0.2) is 24.3 Å². The summed E-state index contributed by atoms with van der Waals surface area (Å²) in [6, 6.07) is 10.4. The van der Waals surface area contributed by atoms with E-state index in [1.165, 1.54) is 15.6 Å². The van der Waals surface area contributed by atoms with Crippen molar-refractivity contribution in [2.75, 3.05) is 0 Å². The number of hydrogen-bond acceptors (Lipinski definition) is 2. The molecule has 0 saturated heterocycles. The maximum Gasteiger partial charge on any atom is 0.110 e. The molecule has 13 heavy (non-hydrogen) atoms. The fraction of sp³-hybridized carbons (Fsp3) is 0.100. The maximum absolute atomic E-state index is 8.72. The van der Waals surface area contributed by atoms with Crippen LogP contribution in [-0.2, 0) is 5.33 Å². The molecule has 0 saturated carbocycles. The van der Waals surface area contributed by atoms with E-state index in [0.29, 0.717) is 0 Å². The molecule has 1 aromatic heterocycles. The number of fused-ring (bicyclic) bond motifs is 1. The Hall–Kier alpha value is -0.850. The zero-order valence-electron chi connectivity index (χ0n) is 6.75. The summed E-state index contributed by atoms with van der Waals surface area (Å²) in [5.41, 5.74) is 1.25. The first-order chi connectivity index (χ1) is 6.33. The lowest BCUT2D eigenvalue weighted by molar-refractivity contribution is 1.47. The molecular formula is C10H6BrNS. The van der Waals surface area contributed by atoms with Gasteiger partial charge >= 0.3 is 0 Å². The first-order valence-electron chi connectivity index (χ1n) is 3.82. The number of halogens is 1. The Morgan fingerprint density at radius 2 is 2.23 bits per heavy atom. The summed E-state index contributed by atoms with van der Waals surface area (Å²) in [7, 11) is 0. The average molecular weight is 252 g/mol. The highest BCUT2D eigenvalue weighted by atomic mass is 79.9. The Bertz CT molecular complexity index is 481. The Morgan fingerprint density at radius 1 is 1.38 bits per heavy atom. The second-order valence-corrected chi connectivity index (χ2v) is 4.37. The van der Waals surface area contributed by atoms with Crippen LogP contribution in [-0.4, -0.2) is 0 Å². The predicted molar refractivity (Wildman–Crippen MR) is 59.2 cm³/mol. The molecular weight excluding hydrogens is 246 g/mol. The van der Waals surface area contributed by atoms with E-state index in [-0.39, 0.29) is 0 Å². The van der Waals surface area contributed by atoms with Crippen LogP contribution in [0.25, 0.3) is 10.1 Å². The van der Waals surface area contributed by atoms with Gasteiger partial charge in [0.15, 0.2) is 0 Å². The van der Waals surface area contributed by atoms with Crippen molar-refractivity contribution in [1.29, 1.82) is 5.26 Å². The highest BCUT2D eigenvalue weighted by Gasteiger charge is 2.00. The lowest BCUT2D eigenvalue weighted by atomic mass is 10.2. The van der Waals surface area contributed by atoms with Gasteiger partial charge in [-0.15, -0.1) is 11.3 Å². The number of thiophene rings is 1. The Kier molecular flexibility index (Phi) is 2.34. The molecule has 2 rings (SSSR count). The molecule has 64 valence electrons. The summed E-state index contributed by atoms with van der Waals surface area (Å²) in [6.07, 6.45) is 0. The molecule has 3 heteroatoms. The SMILES string of the molecule is N#Cc1cc2cc(CBr)ccc2s1. The van der Waals surface area contributed by atoms with Gasteiger partial charge in [-0.2, -0.15) is 5.26 Å². The van der Waals surface area contributed by atoms with Gasteiger partial charge in [0.2, 0.25) is 0 Å². The minimum Gasteiger partial charge on any atom is -0.192 e. The van der Waals surface area contributed by atoms with Crippen molar-refractivity contribution in [3.63, 3.8) is 0 Å². The zero-order chi connectivity index (χ0) is 9.26. The number of nitriles is 1. The van der Waals surface area contributed by atoms with Crippen molar-refractivity contribution in [1.82, 2.24) is 0 Å². The van der Waals surface area contributed by atoms with E-state index in [0.717, 1.165) is 10.2 Å². The second-order valence-electron chi connectivity index (χ2n) is 2.73. The molecule has 0 aliphatic rings. The molecule has 1 aromatic carbocycles. The smallest absolute Gasteiger partial charge is 0.110 e. The van der Waals surface area contributed by atoms with Crippen molar-refractivity contribution in [3.05, 3.63) is 34.7 Å². The van der Waals surface area contributed by atoms with Crippen LogP contribution in [0.1, 0.15) is 10.4 Å². The molecule has 1 nitrogen and oxygen atoms in total. The Labute approximate surface area is 88.7 Å². The third-order valence-electron chi connectivity index (χ3n) is 1.85. The average Bonchev–Trinajstić information content (AvgIpc) is 2.58.